The fraction of sp³-hybridized carbons (Fsp3) is 0.167. The lowest BCUT2D eigenvalue weighted by atomic mass is 10.2. The first-order chi connectivity index (χ1) is 11.6. The number of benzene rings is 1. The molecule has 3 rings (SSSR count). The zero-order valence-electron chi connectivity index (χ0n) is 13.4. The summed E-state index contributed by atoms with van der Waals surface area (Å²) in [7, 11) is 1.60. The van der Waals surface area contributed by atoms with Crippen molar-refractivity contribution in [1.82, 2.24) is 14.7 Å². The van der Waals surface area contributed by atoms with Crippen molar-refractivity contribution < 1.29 is 9.53 Å². The van der Waals surface area contributed by atoms with Gasteiger partial charge in [0.25, 0.3) is 11.5 Å². The van der Waals surface area contributed by atoms with Crippen LogP contribution in [-0.2, 0) is 6.54 Å². The summed E-state index contributed by atoms with van der Waals surface area (Å²) >= 11 is 0. The Balaban J connectivity index is 1.81. The van der Waals surface area contributed by atoms with Gasteiger partial charge in [0.2, 0.25) is 0 Å². The third kappa shape index (κ3) is 2.99. The molecule has 0 bridgehead atoms. The molecule has 0 aliphatic rings. The van der Waals surface area contributed by atoms with E-state index in [-0.39, 0.29) is 11.1 Å². The number of pyridine rings is 1. The van der Waals surface area contributed by atoms with Crippen LogP contribution >= 0.6 is 0 Å². The van der Waals surface area contributed by atoms with Gasteiger partial charge in [-0.1, -0.05) is 18.2 Å². The van der Waals surface area contributed by atoms with Gasteiger partial charge in [0.05, 0.1) is 7.11 Å². The number of hydrogen-bond acceptors (Lipinski definition) is 4. The van der Waals surface area contributed by atoms with Gasteiger partial charge in [0, 0.05) is 18.9 Å². The molecular weight excluding hydrogens is 306 g/mol. The average Bonchev–Trinajstić information content (AvgIpc) is 2.61. The van der Waals surface area contributed by atoms with Crippen LogP contribution in [0.25, 0.3) is 5.65 Å². The maximum Gasteiger partial charge on any atom is 0.270 e. The van der Waals surface area contributed by atoms with Gasteiger partial charge in [-0.15, -0.1) is 0 Å². The summed E-state index contributed by atoms with van der Waals surface area (Å²) in [5.74, 6) is 0.302. The number of rotatable bonds is 4. The van der Waals surface area contributed by atoms with Gasteiger partial charge in [0.15, 0.2) is 0 Å². The Bertz CT molecular complexity index is 946. The summed E-state index contributed by atoms with van der Waals surface area (Å²) in [6.45, 7) is 2.18. The number of methoxy groups -OCH3 is 1. The summed E-state index contributed by atoms with van der Waals surface area (Å²) < 4.78 is 6.48. The predicted octanol–water partition coefficient (Wildman–Crippen LogP) is 1.94. The van der Waals surface area contributed by atoms with Gasteiger partial charge in [0.1, 0.15) is 17.0 Å². The van der Waals surface area contributed by atoms with Gasteiger partial charge >= 0.3 is 0 Å². The van der Waals surface area contributed by atoms with Gasteiger partial charge in [-0.2, -0.15) is 0 Å². The molecule has 1 amide bonds. The van der Waals surface area contributed by atoms with Crippen LogP contribution < -0.4 is 15.6 Å². The quantitative estimate of drug-likeness (QED) is 0.796. The van der Waals surface area contributed by atoms with Crippen molar-refractivity contribution in [3.63, 3.8) is 0 Å². The fourth-order valence-electron chi connectivity index (χ4n) is 2.42. The van der Waals surface area contributed by atoms with Crippen molar-refractivity contribution in [2.45, 2.75) is 13.5 Å². The molecule has 1 N–H and O–H groups in total. The molecule has 0 radical (unpaired) electrons. The molecule has 0 atom stereocenters. The largest absolute Gasteiger partial charge is 0.497 e. The van der Waals surface area contributed by atoms with Gasteiger partial charge in [-0.05, 0) is 36.2 Å². The molecule has 0 saturated carbocycles. The van der Waals surface area contributed by atoms with Crippen LogP contribution in [0.15, 0.2) is 53.6 Å². The van der Waals surface area contributed by atoms with E-state index in [1.54, 1.807) is 19.4 Å². The number of carbonyl (C=O) groups excluding carboxylic acids is 1. The first kappa shape index (κ1) is 15.7. The molecule has 0 unspecified atom stereocenters. The molecule has 0 aliphatic carbocycles. The molecule has 0 spiro atoms. The van der Waals surface area contributed by atoms with Crippen LogP contribution in [0, 0.1) is 6.92 Å². The number of hydrogen-bond donors (Lipinski definition) is 1. The molecule has 3 aromatic rings. The number of fused-ring (bicyclic) bond motifs is 1. The lowest BCUT2D eigenvalue weighted by molar-refractivity contribution is 0.0949. The van der Waals surface area contributed by atoms with E-state index in [0.29, 0.717) is 12.2 Å². The first-order valence-electron chi connectivity index (χ1n) is 7.48. The molecule has 2 heterocycles. The Kier molecular flexibility index (Phi) is 4.29. The monoisotopic (exact) mass is 323 g/mol. The van der Waals surface area contributed by atoms with E-state index in [9.17, 15) is 9.59 Å². The number of nitrogens with one attached hydrogen (secondary N) is 1. The molecule has 122 valence electrons. The number of ether oxygens (including phenoxy) is 1. The van der Waals surface area contributed by atoms with Crippen molar-refractivity contribution in [3.05, 3.63) is 75.8 Å². The standard InChI is InChI=1S/C18H17N3O3/c1-12-4-3-9-21-16(12)19-11-15(18(21)23)17(22)20-10-13-5-7-14(24-2)8-6-13/h3-9,11H,10H2,1-2H3,(H,20,22). The minimum Gasteiger partial charge on any atom is -0.497 e. The van der Waals surface area contributed by atoms with Crippen LogP contribution in [0.2, 0.25) is 0 Å². The smallest absolute Gasteiger partial charge is 0.270 e. The summed E-state index contributed by atoms with van der Waals surface area (Å²) in [5.41, 5.74) is 1.98. The van der Waals surface area contributed by atoms with E-state index in [1.165, 1.54) is 10.6 Å². The normalized spacial score (nSPS) is 10.6. The van der Waals surface area contributed by atoms with Crippen LogP contribution in [0.4, 0.5) is 0 Å². The zero-order chi connectivity index (χ0) is 17.1. The highest BCUT2D eigenvalue weighted by Crippen LogP contribution is 2.11. The maximum absolute atomic E-state index is 12.5. The second kappa shape index (κ2) is 6.54. The SMILES string of the molecule is COc1ccc(CNC(=O)c2cnc3c(C)cccn3c2=O)cc1. The molecule has 6 heteroatoms. The minimum atomic E-state index is -0.445. The summed E-state index contributed by atoms with van der Waals surface area (Å²) in [5, 5.41) is 2.74. The third-order valence-electron chi connectivity index (χ3n) is 3.78. The third-order valence-corrected chi connectivity index (χ3v) is 3.78. The summed E-state index contributed by atoms with van der Waals surface area (Å²) in [6.07, 6.45) is 2.94. The minimum absolute atomic E-state index is 0.0200. The van der Waals surface area contributed by atoms with Crippen LogP contribution in [0.1, 0.15) is 21.5 Å². The Hall–Kier alpha value is -3.15. The predicted molar refractivity (Wildman–Crippen MR) is 90.4 cm³/mol. The van der Waals surface area contributed by atoms with Crippen molar-refractivity contribution in [1.29, 1.82) is 0 Å². The van der Waals surface area contributed by atoms with E-state index >= 15 is 0 Å². The highest BCUT2D eigenvalue weighted by Gasteiger charge is 2.13. The number of amides is 1. The van der Waals surface area contributed by atoms with E-state index in [2.05, 4.69) is 10.3 Å². The summed E-state index contributed by atoms with van der Waals surface area (Å²) in [4.78, 5) is 29.0. The van der Waals surface area contributed by atoms with E-state index in [0.717, 1.165) is 16.9 Å². The van der Waals surface area contributed by atoms with E-state index in [1.807, 2.05) is 37.3 Å². The molecular formula is C18H17N3O3. The van der Waals surface area contributed by atoms with Gasteiger partial charge in [-0.3, -0.25) is 14.0 Å². The van der Waals surface area contributed by atoms with Crippen molar-refractivity contribution in [2.75, 3.05) is 7.11 Å². The lowest BCUT2D eigenvalue weighted by Crippen LogP contribution is -2.31. The molecule has 0 saturated heterocycles. The molecule has 2 aromatic heterocycles. The highest BCUT2D eigenvalue weighted by atomic mass is 16.5. The second-order valence-corrected chi connectivity index (χ2v) is 5.39. The van der Waals surface area contributed by atoms with Crippen LogP contribution in [0.5, 0.6) is 5.75 Å². The number of aryl methyl sites for hydroxylation is 1. The van der Waals surface area contributed by atoms with Crippen LogP contribution in [-0.4, -0.2) is 22.4 Å². The zero-order valence-corrected chi connectivity index (χ0v) is 13.4. The lowest BCUT2D eigenvalue weighted by Gasteiger charge is -2.08. The Morgan fingerprint density at radius 3 is 2.71 bits per heavy atom. The molecule has 24 heavy (non-hydrogen) atoms. The molecule has 0 fully saturated rings. The number of nitrogens with zero attached hydrogens (tertiary/aromatic N) is 2. The number of carbonyl (C=O) groups is 1. The highest BCUT2D eigenvalue weighted by molar-refractivity contribution is 5.93. The average molecular weight is 323 g/mol. The van der Waals surface area contributed by atoms with Crippen molar-refractivity contribution >= 4 is 11.6 Å². The maximum atomic E-state index is 12.5. The first-order valence-corrected chi connectivity index (χ1v) is 7.48. The molecule has 1 aromatic carbocycles. The Labute approximate surface area is 138 Å². The fourth-order valence-corrected chi connectivity index (χ4v) is 2.42. The summed E-state index contributed by atoms with van der Waals surface area (Å²) in [6, 6.07) is 11.0. The van der Waals surface area contributed by atoms with E-state index < -0.39 is 5.91 Å². The topological polar surface area (TPSA) is 72.7 Å². The van der Waals surface area contributed by atoms with Gasteiger partial charge in [-0.25, -0.2) is 4.98 Å². The molecule has 6 nitrogen and oxygen atoms in total. The Morgan fingerprint density at radius 2 is 2.00 bits per heavy atom. The van der Waals surface area contributed by atoms with Crippen molar-refractivity contribution in [3.8, 4) is 5.75 Å². The van der Waals surface area contributed by atoms with Crippen molar-refractivity contribution in [2.24, 2.45) is 0 Å². The van der Waals surface area contributed by atoms with E-state index in [4.69, 9.17) is 4.74 Å². The van der Waals surface area contributed by atoms with Gasteiger partial charge < -0.3 is 10.1 Å². The number of aromatic nitrogens is 2. The Morgan fingerprint density at radius 1 is 1.25 bits per heavy atom. The molecule has 0 aliphatic heterocycles. The van der Waals surface area contributed by atoms with Crippen LogP contribution in [0.3, 0.4) is 0 Å². The second-order valence-electron chi connectivity index (χ2n) is 5.39.